The Bertz CT molecular complexity index is 293. The van der Waals surface area contributed by atoms with Crippen LogP contribution in [0, 0.1) is 0 Å². The third-order valence-electron chi connectivity index (χ3n) is 1.93. The number of anilines is 1. The van der Waals surface area contributed by atoms with Crippen LogP contribution in [0.15, 0.2) is 18.3 Å². The van der Waals surface area contributed by atoms with Crippen LogP contribution in [0.1, 0.15) is 25.3 Å². The van der Waals surface area contributed by atoms with E-state index in [4.69, 9.17) is 0 Å². The molecule has 84 valence electrons. The van der Waals surface area contributed by atoms with E-state index in [1.54, 1.807) is 0 Å². The highest BCUT2D eigenvalue weighted by atomic mass is 19.4. The zero-order valence-electron chi connectivity index (χ0n) is 8.43. The molecule has 0 radical (unpaired) electrons. The Morgan fingerprint density at radius 1 is 1.33 bits per heavy atom. The fraction of sp³-hybridized carbons (Fsp3) is 0.500. The zero-order valence-corrected chi connectivity index (χ0v) is 8.43. The summed E-state index contributed by atoms with van der Waals surface area (Å²) >= 11 is 0. The largest absolute Gasteiger partial charge is 0.417 e. The maximum atomic E-state index is 12.2. The lowest BCUT2D eigenvalue weighted by molar-refractivity contribution is -0.137. The number of unbranched alkanes of at least 4 members (excludes halogenated alkanes) is 1. The van der Waals surface area contributed by atoms with Gasteiger partial charge in [0.25, 0.3) is 0 Å². The molecule has 0 saturated heterocycles. The first-order chi connectivity index (χ1) is 7.04. The van der Waals surface area contributed by atoms with Crippen molar-refractivity contribution in [2.24, 2.45) is 0 Å². The molecule has 0 atom stereocenters. The first-order valence-corrected chi connectivity index (χ1v) is 4.81. The summed E-state index contributed by atoms with van der Waals surface area (Å²) in [7, 11) is 0. The van der Waals surface area contributed by atoms with Gasteiger partial charge in [-0.15, -0.1) is 0 Å². The molecular weight excluding hydrogens is 205 g/mol. The quantitative estimate of drug-likeness (QED) is 0.784. The van der Waals surface area contributed by atoms with Crippen LogP contribution in [0.3, 0.4) is 0 Å². The number of nitrogens with one attached hydrogen (secondary N) is 1. The SMILES string of the molecule is CCCCNc1ccc(C(F)(F)F)cn1. The van der Waals surface area contributed by atoms with Crippen molar-refractivity contribution in [1.29, 1.82) is 0 Å². The van der Waals surface area contributed by atoms with E-state index in [9.17, 15) is 13.2 Å². The van der Waals surface area contributed by atoms with Crippen LogP contribution in [-0.4, -0.2) is 11.5 Å². The lowest BCUT2D eigenvalue weighted by Gasteiger charge is -2.07. The normalized spacial score (nSPS) is 11.5. The number of aromatic nitrogens is 1. The van der Waals surface area contributed by atoms with E-state index in [1.165, 1.54) is 6.07 Å². The van der Waals surface area contributed by atoms with Gasteiger partial charge in [-0.05, 0) is 18.6 Å². The summed E-state index contributed by atoms with van der Waals surface area (Å²) in [5.74, 6) is 0.483. The van der Waals surface area contributed by atoms with Crippen LogP contribution in [0.25, 0.3) is 0 Å². The summed E-state index contributed by atoms with van der Waals surface area (Å²) in [5, 5.41) is 2.95. The van der Waals surface area contributed by atoms with Gasteiger partial charge < -0.3 is 5.32 Å². The van der Waals surface area contributed by atoms with Crippen LogP contribution in [0.4, 0.5) is 19.0 Å². The maximum absolute atomic E-state index is 12.2. The van der Waals surface area contributed by atoms with Crippen LogP contribution in [0.2, 0.25) is 0 Å². The predicted octanol–water partition coefficient (Wildman–Crippen LogP) is 3.31. The highest BCUT2D eigenvalue weighted by Gasteiger charge is 2.30. The fourth-order valence-electron chi connectivity index (χ4n) is 1.06. The molecule has 0 unspecified atom stereocenters. The Morgan fingerprint density at radius 2 is 2.07 bits per heavy atom. The van der Waals surface area contributed by atoms with Gasteiger partial charge in [-0.2, -0.15) is 13.2 Å². The first-order valence-electron chi connectivity index (χ1n) is 4.81. The number of halogens is 3. The molecule has 5 heteroatoms. The van der Waals surface area contributed by atoms with Gasteiger partial charge >= 0.3 is 6.18 Å². The molecule has 0 saturated carbocycles. The van der Waals surface area contributed by atoms with E-state index in [1.807, 2.05) is 6.92 Å². The Morgan fingerprint density at radius 3 is 2.53 bits per heavy atom. The Hall–Kier alpha value is -1.26. The van der Waals surface area contributed by atoms with Gasteiger partial charge in [0.05, 0.1) is 5.56 Å². The van der Waals surface area contributed by atoms with Gasteiger partial charge in [-0.3, -0.25) is 0 Å². The van der Waals surface area contributed by atoms with Crippen molar-refractivity contribution in [3.63, 3.8) is 0 Å². The van der Waals surface area contributed by atoms with Gasteiger partial charge in [0.2, 0.25) is 0 Å². The monoisotopic (exact) mass is 218 g/mol. The first kappa shape index (κ1) is 11.8. The molecule has 1 aromatic rings. The molecule has 0 aromatic carbocycles. The van der Waals surface area contributed by atoms with Crippen molar-refractivity contribution in [2.75, 3.05) is 11.9 Å². The molecular formula is C10H13F3N2. The van der Waals surface area contributed by atoms with E-state index in [2.05, 4.69) is 10.3 Å². The maximum Gasteiger partial charge on any atom is 0.417 e. The molecule has 0 aliphatic rings. The summed E-state index contributed by atoms with van der Waals surface area (Å²) in [6.45, 7) is 2.77. The van der Waals surface area contributed by atoms with Crippen molar-refractivity contribution < 1.29 is 13.2 Å². The minimum Gasteiger partial charge on any atom is -0.370 e. The minimum atomic E-state index is -4.31. The van der Waals surface area contributed by atoms with E-state index in [0.717, 1.165) is 31.6 Å². The van der Waals surface area contributed by atoms with Crippen LogP contribution >= 0.6 is 0 Å². The number of alkyl halides is 3. The average Bonchev–Trinajstić information content (AvgIpc) is 2.18. The van der Waals surface area contributed by atoms with Gasteiger partial charge in [0.15, 0.2) is 0 Å². The van der Waals surface area contributed by atoms with E-state index in [-0.39, 0.29) is 0 Å². The second-order valence-electron chi connectivity index (χ2n) is 3.21. The topological polar surface area (TPSA) is 24.9 Å². The van der Waals surface area contributed by atoms with Gasteiger partial charge in [-0.1, -0.05) is 13.3 Å². The average molecular weight is 218 g/mol. The third kappa shape index (κ3) is 3.77. The molecule has 0 fully saturated rings. The van der Waals surface area contributed by atoms with Crippen molar-refractivity contribution in [3.8, 4) is 0 Å². The van der Waals surface area contributed by atoms with Crippen LogP contribution in [0.5, 0.6) is 0 Å². The van der Waals surface area contributed by atoms with Gasteiger partial charge in [0.1, 0.15) is 5.82 Å². The van der Waals surface area contributed by atoms with E-state index < -0.39 is 11.7 Å². The van der Waals surface area contributed by atoms with Crippen molar-refractivity contribution >= 4 is 5.82 Å². The molecule has 1 heterocycles. The number of rotatable bonds is 4. The zero-order chi connectivity index (χ0) is 11.3. The summed E-state index contributed by atoms with van der Waals surface area (Å²) in [4.78, 5) is 3.69. The highest BCUT2D eigenvalue weighted by Crippen LogP contribution is 2.28. The number of pyridine rings is 1. The second kappa shape index (κ2) is 5.00. The highest BCUT2D eigenvalue weighted by molar-refractivity contribution is 5.35. The number of hydrogen-bond donors (Lipinski definition) is 1. The summed E-state index contributed by atoms with van der Waals surface area (Å²) < 4.78 is 36.5. The molecule has 0 aliphatic heterocycles. The van der Waals surface area contributed by atoms with Crippen molar-refractivity contribution in [2.45, 2.75) is 25.9 Å². The summed E-state index contributed by atoms with van der Waals surface area (Å²) in [6.07, 6.45) is -1.46. The van der Waals surface area contributed by atoms with Crippen molar-refractivity contribution in [3.05, 3.63) is 23.9 Å². The van der Waals surface area contributed by atoms with E-state index >= 15 is 0 Å². The standard InChI is InChI=1S/C10H13F3N2/c1-2-3-6-14-9-5-4-8(7-15-9)10(11,12)13/h4-5,7H,2-3,6H2,1H3,(H,14,15). The molecule has 0 spiro atoms. The predicted molar refractivity (Wildman–Crippen MR) is 52.6 cm³/mol. The summed E-state index contributed by atoms with van der Waals surface area (Å²) in [6, 6.07) is 2.37. The lowest BCUT2D eigenvalue weighted by atomic mass is 10.3. The number of nitrogens with zero attached hydrogens (tertiary/aromatic N) is 1. The molecule has 15 heavy (non-hydrogen) atoms. The molecule has 0 aliphatic carbocycles. The third-order valence-corrected chi connectivity index (χ3v) is 1.93. The molecule has 1 N–H and O–H groups in total. The van der Waals surface area contributed by atoms with Crippen LogP contribution in [-0.2, 0) is 6.18 Å². The Balaban J connectivity index is 2.57. The lowest BCUT2D eigenvalue weighted by Crippen LogP contribution is -2.07. The minimum absolute atomic E-state index is 0.483. The number of hydrogen-bond acceptors (Lipinski definition) is 2. The Kier molecular flexibility index (Phi) is 3.94. The second-order valence-corrected chi connectivity index (χ2v) is 3.21. The summed E-state index contributed by atoms with van der Waals surface area (Å²) in [5.41, 5.74) is -0.719. The molecule has 1 aromatic heterocycles. The van der Waals surface area contributed by atoms with Gasteiger partial charge in [0, 0.05) is 12.7 Å². The fourth-order valence-corrected chi connectivity index (χ4v) is 1.06. The molecule has 2 nitrogen and oxygen atoms in total. The Labute approximate surface area is 86.5 Å². The van der Waals surface area contributed by atoms with Crippen LogP contribution < -0.4 is 5.32 Å². The van der Waals surface area contributed by atoms with Gasteiger partial charge in [-0.25, -0.2) is 4.98 Å². The smallest absolute Gasteiger partial charge is 0.370 e. The molecule has 0 amide bonds. The molecule has 1 rings (SSSR count). The molecule has 0 bridgehead atoms. The van der Waals surface area contributed by atoms with Crippen molar-refractivity contribution in [1.82, 2.24) is 4.98 Å². The van der Waals surface area contributed by atoms with E-state index in [0.29, 0.717) is 5.82 Å².